The summed E-state index contributed by atoms with van der Waals surface area (Å²) in [6, 6.07) is 6.05. The molecule has 0 unspecified atom stereocenters. The monoisotopic (exact) mass is 287 g/mol. The molecule has 0 aromatic heterocycles. The van der Waals surface area contributed by atoms with E-state index in [1.807, 2.05) is 12.1 Å². The number of nitrogens with zero attached hydrogens (tertiary/aromatic N) is 1. The zero-order chi connectivity index (χ0) is 14.7. The van der Waals surface area contributed by atoms with Crippen LogP contribution in [0.3, 0.4) is 0 Å². The zero-order valence-electron chi connectivity index (χ0n) is 12.8. The predicted octanol–water partition coefficient (Wildman–Crippen LogP) is 1.75. The van der Waals surface area contributed by atoms with Gasteiger partial charge in [0.1, 0.15) is 0 Å². The second-order valence-corrected chi connectivity index (χ2v) is 6.17. The van der Waals surface area contributed by atoms with Crippen LogP contribution in [-0.4, -0.2) is 37.0 Å². The minimum absolute atomic E-state index is 0.0719. The first-order chi connectivity index (χ1) is 10.3. The van der Waals surface area contributed by atoms with Crippen molar-refractivity contribution in [1.29, 1.82) is 0 Å². The van der Waals surface area contributed by atoms with Crippen molar-refractivity contribution in [2.75, 3.05) is 26.2 Å². The van der Waals surface area contributed by atoms with Gasteiger partial charge >= 0.3 is 0 Å². The molecule has 0 spiro atoms. The van der Waals surface area contributed by atoms with E-state index < -0.39 is 0 Å². The summed E-state index contributed by atoms with van der Waals surface area (Å²) in [7, 11) is 0. The Balaban J connectivity index is 1.50. The summed E-state index contributed by atoms with van der Waals surface area (Å²) in [6.07, 6.45) is 2.39. The maximum atomic E-state index is 12.3. The first kappa shape index (κ1) is 14.5. The maximum absolute atomic E-state index is 12.3. The third kappa shape index (κ3) is 3.44. The molecule has 4 nitrogen and oxygen atoms in total. The van der Waals surface area contributed by atoms with Gasteiger partial charge in [0.2, 0.25) is 0 Å². The van der Waals surface area contributed by atoms with E-state index >= 15 is 0 Å². The molecule has 2 heterocycles. The van der Waals surface area contributed by atoms with Crippen LogP contribution >= 0.6 is 0 Å². The van der Waals surface area contributed by atoms with Crippen molar-refractivity contribution in [3.63, 3.8) is 0 Å². The normalized spacial score (nSPS) is 19.5. The lowest BCUT2D eigenvalue weighted by Crippen LogP contribution is -2.38. The molecule has 0 saturated carbocycles. The van der Waals surface area contributed by atoms with Crippen molar-refractivity contribution < 1.29 is 4.79 Å². The highest BCUT2D eigenvalue weighted by molar-refractivity contribution is 5.94. The lowest BCUT2D eigenvalue weighted by molar-refractivity contribution is 0.0937. The van der Waals surface area contributed by atoms with Crippen molar-refractivity contribution in [2.24, 2.45) is 5.92 Å². The number of piperidine rings is 1. The van der Waals surface area contributed by atoms with Gasteiger partial charge in [-0.25, -0.2) is 0 Å². The highest BCUT2D eigenvalue weighted by atomic mass is 16.1. The highest BCUT2D eigenvalue weighted by Crippen LogP contribution is 2.18. The van der Waals surface area contributed by atoms with E-state index in [0.29, 0.717) is 5.92 Å². The Kier molecular flexibility index (Phi) is 4.56. The summed E-state index contributed by atoms with van der Waals surface area (Å²) in [5, 5.41) is 6.43. The predicted molar refractivity (Wildman–Crippen MR) is 84.2 cm³/mol. The minimum atomic E-state index is 0.0719. The number of likely N-dealkylation sites (tertiary alicyclic amines) is 1. The first-order valence-corrected chi connectivity index (χ1v) is 8.09. The maximum Gasteiger partial charge on any atom is 0.251 e. The average Bonchev–Trinajstić information content (AvgIpc) is 3.00. The molecule has 114 valence electrons. The molecule has 4 heteroatoms. The Morgan fingerprint density at radius 2 is 2.05 bits per heavy atom. The van der Waals surface area contributed by atoms with Crippen molar-refractivity contribution in [3.8, 4) is 0 Å². The molecule has 1 amide bonds. The number of benzene rings is 1. The molecule has 0 aliphatic carbocycles. The van der Waals surface area contributed by atoms with Gasteiger partial charge in [-0.2, -0.15) is 0 Å². The zero-order valence-corrected chi connectivity index (χ0v) is 12.8. The van der Waals surface area contributed by atoms with Crippen LogP contribution in [0.5, 0.6) is 0 Å². The van der Waals surface area contributed by atoms with Crippen LogP contribution in [0.4, 0.5) is 0 Å². The molecule has 1 fully saturated rings. The number of fused-ring (bicyclic) bond motifs is 1. The molecule has 2 aliphatic heterocycles. The van der Waals surface area contributed by atoms with Crippen LogP contribution < -0.4 is 10.6 Å². The Morgan fingerprint density at radius 1 is 1.29 bits per heavy atom. The minimum Gasteiger partial charge on any atom is -0.352 e. The largest absolute Gasteiger partial charge is 0.352 e. The fraction of sp³-hybridized carbons (Fsp3) is 0.588. The number of hydrogen-bond donors (Lipinski definition) is 2. The number of amides is 1. The van der Waals surface area contributed by atoms with Crippen LogP contribution in [0, 0.1) is 5.92 Å². The summed E-state index contributed by atoms with van der Waals surface area (Å²) in [5.74, 6) is 0.704. The average molecular weight is 287 g/mol. The van der Waals surface area contributed by atoms with E-state index in [1.54, 1.807) is 0 Å². The number of rotatable bonds is 4. The Hall–Kier alpha value is -1.39. The Bertz CT molecular complexity index is 507. The molecular formula is C17H25N3O. The van der Waals surface area contributed by atoms with Crippen LogP contribution in [-0.2, 0) is 13.1 Å². The van der Waals surface area contributed by atoms with E-state index in [1.165, 1.54) is 37.1 Å². The van der Waals surface area contributed by atoms with E-state index in [-0.39, 0.29) is 5.91 Å². The molecule has 1 aromatic rings. The van der Waals surface area contributed by atoms with Gasteiger partial charge in [0.05, 0.1) is 0 Å². The van der Waals surface area contributed by atoms with Gasteiger partial charge in [-0.05, 0) is 61.7 Å². The van der Waals surface area contributed by atoms with E-state index in [0.717, 1.165) is 31.7 Å². The van der Waals surface area contributed by atoms with Crippen LogP contribution in [0.15, 0.2) is 18.2 Å². The summed E-state index contributed by atoms with van der Waals surface area (Å²) < 4.78 is 0. The van der Waals surface area contributed by atoms with Gasteiger partial charge in [0.15, 0.2) is 0 Å². The van der Waals surface area contributed by atoms with Gasteiger partial charge in [0.25, 0.3) is 5.91 Å². The lowest BCUT2D eigenvalue weighted by Gasteiger charge is -2.31. The molecule has 0 radical (unpaired) electrons. The first-order valence-electron chi connectivity index (χ1n) is 8.09. The van der Waals surface area contributed by atoms with E-state index in [9.17, 15) is 4.79 Å². The highest BCUT2D eigenvalue weighted by Gasteiger charge is 2.19. The molecular weight excluding hydrogens is 262 g/mol. The van der Waals surface area contributed by atoms with Gasteiger partial charge in [-0.3, -0.25) is 4.79 Å². The third-order valence-corrected chi connectivity index (χ3v) is 4.81. The SMILES string of the molecule is CCN1CCC(CNC(=O)c2ccc3c(c2)CNC3)CC1. The number of carbonyl (C=O) groups is 1. The fourth-order valence-corrected chi connectivity index (χ4v) is 3.28. The van der Waals surface area contributed by atoms with Gasteiger partial charge in [0, 0.05) is 25.2 Å². The molecule has 0 atom stereocenters. The van der Waals surface area contributed by atoms with Crippen molar-refractivity contribution >= 4 is 5.91 Å². The second-order valence-electron chi connectivity index (χ2n) is 6.17. The van der Waals surface area contributed by atoms with Gasteiger partial charge in [-0.15, -0.1) is 0 Å². The van der Waals surface area contributed by atoms with E-state index in [4.69, 9.17) is 0 Å². The van der Waals surface area contributed by atoms with Crippen LogP contribution in [0.25, 0.3) is 0 Å². The van der Waals surface area contributed by atoms with Crippen LogP contribution in [0.1, 0.15) is 41.3 Å². The van der Waals surface area contributed by atoms with Gasteiger partial charge in [-0.1, -0.05) is 13.0 Å². The molecule has 1 aromatic carbocycles. The number of nitrogens with one attached hydrogen (secondary N) is 2. The third-order valence-electron chi connectivity index (χ3n) is 4.81. The van der Waals surface area contributed by atoms with Crippen molar-refractivity contribution in [2.45, 2.75) is 32.9 Å². The molecule has 21 heavy (non-hydrogen) atoms. The summed E-state index contributed by atoms with van der Waals surface area (Å²) >= 11 is 0. The number of hydrogen-bond acceptors (Lipinski definition) is 3. The quantitative estimate of drug-likeness (QED) is 0.887. The number of carbonyl (C=O) groups excluding carboxylic acids is 1. The Morgan fingerprint density at radius 3 is 2.81 bits per heavy atom. The second kappa shape index (κ2) is 6.58. The van der Waals surface area contributed by atoms with Gasteiger partial charge < -0.3 is 15.5 Å². The standard InChI is InChI=1S/C17H25N3O/c1-2-20-7-5-13(6-8-20)10-19-17(21)14-3-4-15-11-18-12-16(15)9-14/h3-4,9,13,18H,2,5-8,10-12H2,1H3,(H,19,21). The van der Waals surface area contributed by atoms with Crippen molar-refractivity contribution in [1.82, 2.24) is 15.5 Å². The smallest absolute Gasteiger partial charge is 0.251 e. The summed E-state index contributed by atoms with van der Waals surface area (Å²) in [4.78, 5) is 14.7. The molecule has 2 N–H and O–H groups in total. The van der Waals surface area contributed by atoms with E-state index in [2.05, 4.69) is 28.5 Å². The van der Waals surface area contributed by atoms with Crippen LogP contribution in [0.2, 0.25) is 0 Å². The summed E-state index contributed by atoms with van der Waals surface area (Å²) in [6.45, 7) is 8.31. The Labute approximate surface area is 126 Å². The van der Waals surface area contributed by atoms with Crippen molar-refractivity contribution in [3.05, 3.63) is 34.9 Å². The molecule has 0 bridgehead atoms. The fourth-order valence-electron chi connectivity index (χ4n) is 3.28. The molecule has 3 rings (SSSR count). The molecule has 2 aliphatic rings. The summed E-state index contributed by atoms with van der Waals surface area (Å²) in [5.41, 5.74) is 3.38. The topological polar surface area (TPSA) is 44.4 Å². The molecule has 1 saturated heterocycles. The lowest BCUT2D eigenvalue weighted by atomic mass is 9.96.